The van der Waals surface area contributed by atoms with Gasteiger partial charge in [-0.1, -0.05) is 60.2 Å². The lowest BCUT2D eigenvalue weighted by Gasteiger charge is -2.08. The van der Waals surface area contributed by atoms with Crippen LogP contribution in [0.4, 0.5) is 0 Å². The van der Waals surface area contributed by atoms with Gasteiger partial charge in [0.2, 0.25) is 0 Å². The molecule has 128 valence electrons. The lowest BCUT2D eigenvalue weighted by molar-refractivity contribution is 0.671. The molecule has 0 fully saturated rings. The lowest BCUT2D eigenvalue weighted by Crippen LogP contribution is -1.93. The van der Waals surface area contributed by atoms with Crippen molar-refractivity contribution in [1.82, 2.24) is 4.57 Å². The average Bonchev–Trinajstić information content (AvgIpc) is 3.24. The largest absolute Gasteiger partial charge is 0.454 e. The number of hydrogen-bond donors (Lipinski definition) is 0. The molecule has 0 unspecified atom stereocenters. The predicted molar refractivity (Wildman–Crippen MR) is 113 cm³/mol. The molecule has 2 heterocycles. The maximum absolute atomic E-state index is 6.36. The van der Waals surface area contributed by atoms with Crippen LogP contribution in [0.15, 0.2) is 89.3 Å². The molecule has 0 bridgehead atoms. The molecule has 0 N–H and O–H groups in total. The molecule has 0 saturated carbocycles. The summed E-state index contributed by atoms with van der Waals surface area (Å²) in [6, 6.07) is 29.9. The first kappa shape index (κ1) is 14.6. The van der Waals surface area contributed by atoms with E-state index in [1.54, 1.807) is 0 Å². The quantitative estimate of drug-likeness (QED) is 0.313. The lowest BCUT2D eigenvalue weighted by atomic mass is 10.1. The molecule has 4 aromatic carbocycles. The zero-order valence-corrected chi connectivity index (χ0v) is 14.9. The van der Waals surface area contributed by atoms with E-state index in [1.807, 2.05) is 12.1 Å². The highest BCUT2D eigenvalue weighted by atomic mass is 16.3. The number of hydrogen-bond acceptors (Lipinski definition) is 1. The highest BCUT2D eigenvalue weighted by Crippen LogP contribution is 2.39. The fraction of sp³-hybridized carbons (Fsp3) is 0.0400. The Morgan fingerprint density at radius 2 is 1.33 bits per heavy atom. The Morgan fingerprint density at radius 1 is 0.630 bits per heavy atom. The van der Waals surface area contributed by atoms with E-state index in [4.69, 9.17) is 4.42 Å². The van der Waals surface area contributed by atoms with Crippen molar-refractivity contribution in [2.24, 2.45) is 0 Å². The summed E-state index contributed by atoms with van der Waals surface area (Å²) in [6.45, 7) is 2.12. The van der Waals surface area contributed by atoms with Crippen LogP contribution in [0.2, 0.25) is 0 Å². The SMILES string of the molecule is Cc1ccc(-n2c3ccccc3c3ccc4c5ccccc5oc4c32)cc1. The summed E-state index contributed by atoms with van der Waals surface area (Å²) < 4.78 is 8.69. The van der Waals surface area contributed by atoms with Crippen molar-refractivity contribution in [1.29, 1.82) is 0 Å². The Morgan fingerprint density at radius 3 is 2.19 bits per heavy atom. The molecular weight excluding hydrogens is 330 g/mol. The maximum Gasteiger partial charge on any atom is 0.160 e. The minimum Gasteiger partial charge on any atom is -0.454 e. The molecule has 0 amide bonds. The van der Waals surface area contributed by atoms with E-state index in [-0.39, 0.29) is 0 Å². The number of benzene rings is 4. The second-order valence-corrected chi connectivity index (χ2v) is 7.12. The number of aryl methyl sites for hydroxylation is 1. The molecule has 6 aromatic rings. The monoisotopic (exact) mass is 347 g/mol. The Kier molecular flexibility index (Phi) is 2.84. The highest BCUT2D eigenvalue weighted by molar-refractivity contribution is 6.21. The Hall–Kier alpha value is -3.52. The van der Waals surface area contributed by atoms with E-state index < -0.39 is 0 Å². The standard InChI is InChI=1S/C25H17NO/c1-16-10-12-17(13-11-16)26-22-8-4-2-6-18(22)20-14-15-21-19-7-3-5-9-23(19)27-25(21)24(20)26/h2-15H,1H3. The van der Waals surface area contributed by atoms with E-state index >= 15 is 0 Å². The van der Waals surface area contributed by atoms with Crippen molar-refractivity contribution in [2.75, 3.05) is 0 Å². The van der Waals surface area contributed by atoms with Crippen LogP contribution < -0.4 is 0 Å². The summed E-state index contributed by atoms with van der Waals surface area (Å²) in [5.74, 6) is 0. The van der Waals surface area contributed by atoms with Crippen LogP contribution in [0.3, 0.4) is 0 Å². The van der Waals surface area contributed by atoms with Gasteiger partial charge in [-0.25, -0.2) is 0 Å². The molecule has 0 aliphatic rings. The van der Waals surface area contributed by atoms with Crippen LogP contribution in [0.1, 0.15) is 5.56 Å². The molecule has 0 atom stereocenters. The fourth-order valence-electron chi connectivity index (χ4n) is 4.19. The van der Waals surface area contributed by atoms with Gasteiger partial charge >= 0.3 is 0 Å². The zero-order valence-electron chi connectivity index (χ0n) is 14.9. The molecule has 0 spiro atoms. The summed E-state index contributed by atoms with van der Waals surface area (Å²) >= 11 is 0. The molecule has 2 heteroatoms. The summed E-state index contributed by atoms with van der Waals surface area (Å²) in [5.41, 5.74) is 6.62. The van der Waals surface area contributed by atoms with Gasteiger partial charge < -0.3 is 8.98 Å². The summed E-state index contributed by atoms with van der Waals surface area (Å²) in [4.78, 5) is 0. The second kappa shape index (κ2) is 5.24. The topological polar surface area (TPSA) is 18.1 Å². The molecule has 2 aromatic heterocycles. The van der Waals surface area contributed by atoms with E-state index in [9.17, 15) is 0 Å². The first-order chi connectivity index (χ1) is 13.3. The van der Waals surface area contributed by atoms with Crippen molar-refractivity contribution in [3.8, 4) is 5.69 Å². The van der Waals surface area contributed by atoms with Crippen LogP contribution in [-0.2, 0) is 0 Å². The third-order valence-corrected chi connectivity index (χ3v) is 5.47. The van der Waals surface area contributed by atoms with E-state index in [1.165, 1.54) is 21.9 Å². The number of furan rings is 1. The van der Waals surface area contributed by atoms with Gasteiger partial charge in [-0.05, 0) is 37.3 Å². The van der Waals surface area contributed by atoms with Gasteiger partial charge in [-0.3, -0.25) is 0 Å². The van der Waals surface area contributed by atoms with Crippen molar-refractivity contribution in [3.63, 3.8) is 0 Å². The summed E-state index contributed by atoms with van der Waals surface area (Å²) in [7, 11) is 0. The molecule has 0 aliphatic heterocycles. The normalized spacial score (nSPS) is 11.9. The smallest absolute Gasteiger partial charge is 0.160 e. The number of fused-ring (bicyclic) bond motifs is 7. The van der Waals surface area contributed by atoms with Gasteiger partial charge in [0, 0.05) is 27.2 Å². The Bertz CT molecular complexity index is 1470. The molecular formula is C25H17NO. The highest BCUT2D eigenvalue weighted by Gasteiger charge is 2.18. The van der Waals surface area contributed by atoms with Gasteiger partial charge in [0.15, 0.2) is 5.58 Å². The van der Waals surface area contributed by atoms with Gasteiger partial charge in [0.1, 0.15) is 5.58 Å². The fourth-order valence-corrected chi connectivity index (χ4v) is 4.19. The first-order valence-corrected chi connectivity index (χ1v) is 9.22. The third-order valence-electron chi connectivity index (χ3n) is 5.47. The number of nitrogens with zero attached hydrogens (tertiary/aromatic N) is 1. The molecule has 2 nitrogen and oxygen atoms in total. The van der Waals surface area contributed by atoms with Gasteiger partial charge in [-0.15, -0.1) is 0 Å². The van der Waals surface area contributed by atoms with Crippen LogP contribution >= 0.6 is 0 Å². The minimum absolute atomic E-state index is 0.931. The van der Waals surface area contributed by atoms with Crippen molar-refractivity contribution >= 4 is 43.7 Å². The Labute approximate surface area is 156 Å². The van der Waals surface area contributed by atoms with Gasteiger partial charge in [0.05, 0.1) is 11.0 Å². The average molecular weight is 347 g/mol. The van der Waals surface area contributed by atoms with Crippen LogP contribution in [0.5, 0.6) is 0 Å². The number of aromatic nitrogens is 1. The molecule has 27 heavy (non-hydrogen) atoms. The van der Waals surface area contributed by atoms with Crippen molar-refractivity contribution in [3.05, 3.63) is 90.5 Å². The van der Waals surface area contributed by atoms with Gasteiger partial charge in [0.25, 0.3) is 0 Å². The summed E-state index contributed by atoms with van der Waals surface area (Å²) in [6.07, 6.45) is 0. The van der Waals surface area contributed by atoms with E-state index in [0.717, 1.165) is 33.1 Å². The first-order valence-electron chi connectivity index (χ1n) is 9.22. The maximum atomic E-state index is 6.36. The molecule has 6 rings (SSSR count). The Balaban J connectivity index is 1.88. The van der Waals surface area contributed by atoms with Crippen LogP contribution in [0.25, 0.3) is 49.4 Å². The van der Waals surface area contributed by atoms with Crippen LogP contribution in [0, 0.1) is 6.92 Å². The minimum atomic E-state index is 0.931. The number of para-hydroxylation sites is 2. The van der Waals surface area contributed by atoms with Crippen molar-refractivity contribution < 1.29 is 4.42 Å². The molecule has 0 aliphatic carbocycles. The number of rotatable bonds is 1. The molecule has 0 saturated heterocycles. The molecule has 0 radical (unpaired) electrons. The van der Waals surface area contributed by atoms with Gasteiger partial charge in [-0.2, -0.15) is 0 Å². The zero-order chi connectivity index (χ0) is 18.0. The van der Waals surface area contributed by atoms with Crippen molar-refractivity contribution in [2.45, 2.75) is 6.92 Å². The van der Waals surface area contributed by atoms with E-state index in [0.29, 0.717) is 0 Å². The van der Waals surface area contributed by atoms with E-state index in [2.05, 4.69) is 84.3 Å². The predicted octanol–water partition coefficient (Wildman–Crippen LogP) is 6.99. The second-order valence-electron chi connectivity index (χ2n) is 7.12. The van der Waals surface area contributed by atoms with Crippen LogP contribution in [-0.4, -0.2) is 4.57 Å². The third kappa shape index (κ3) is 1.95. The summed E-state index contributed by atoms with van der Waals surface area (Å²) in [5, 5.41) is 4.79.